The molecule has 27 heavy (non-hydrogen) atoms. The molecule has 1 heterocycles. The number of hydrogen-bond acceptors (Lipinski definition) is 2. The molecular formula is C22H37IN4. The molecule has 5 heteroatoms. The number of halogens is 1. The molecule has 2 aliphatic rings. The summed E-state index contributed by atoms with van der Waals surface area (Å²) in [7, 11) is 0. The number of nitrogens with one attached hydrogen (secondary N) is 2. The van der Waals surface area contributed by atoms with Gasteiger partial charge in [0.15, 0.2) is 5.96 Å². The molecule has 1 aliphatic carbocycles. The topological polar surface area (TPSA) is 39.7 Å². The number of aryl methyl sites for hydroxylation is 1. The zero-order chi connectivity index (χ0) is 18.4. The molecule has 0 unspecified atom stereocenters. The number of guanidine groups is 1. The standard InChI is InChI=1S/C22H36N4.HI/c1-4-14-26-15-10-19(11-16-26)25-21(23-5-2)24-17-22(12-13-22)20-9-7-6-8-18(20)3;/h6-9,19H,4-5,10-17H2,1-3H3,(H2,23,24,25);1H. The number of likely N-dealkylation sites (tertiary alicyclic amines) is 1. The van der Waals surface area contributed by atoms with Crippen LogP contribution in [0.2, 0.25) is 0 Å². The first-order valence-corrected chi connectivity index (χ1v) is 10.5. The summed E-state index contributed by atoms with van der Waals surface area (Å²) >= 11 is 0. The smallest absolute Gasteiger partial charge is 0.191 e. The summed E-state index contributed by atoms with van der Waals surface area (Å²) in [5.41, 5.74) is 3.17. The van der Waals surface area contributed by atoms with Crippen LogP contribution in [0.5, 0.6) is 0 Å². The second kappa shape index (κ2) is 10.6. The highest BCUT2D eigenvalue weighted by atomic mass is 127. The minimum absolute atomic E-state index is 0. The van der Waals surface area contributed by atoms with Crippen molar-refractivity contribution in [2.45, 2.75) is 64.3 Å². The predicted octanol–water partition coefficient (Wildman–Crippen LogP) is 4.07. The van der Waals surface area contributed by atoms with E-state index in [0.29, 0.717) is 6.04 Å². The first-order valence-electron chi connectivity index (χ1n) is 10.5. The molecule has 1 saturated carbocycles. The van der Waals surface area contributed by atoms with Crippen molar-refractivity contribution >= 4 is 29.9 Å². The minimum Gasteiger partial charge on any atom is -0.357 e. The van der Waals surface area contributed by atoms with Crippen LogP contribution < -0.4 is 10.6 Å². The molecule has 1 aromatic carbocycles. The van der Waals surface area contributed by atoms with E-state index in [1.54, 1.807) is 0 Å². The SMILES string of the molecule is CCCN1CCC(NC(=NCC2(c3ccccc3C)CC2)NCC)CC1.I. The molecule has 3 rings (SSSR count). The number of piperidine rings is 1. The van der Waals surface area contributed by atoms with Crippen LogP contribution in [0.25, 0.3) is 0 Å². The summed E-state index contributed by atoms with van der Waals surface area (Å²) in [6.07, 6.45) is 6.20. The predicted molar refractivity (Wildman–Crippen MR) is 126 cm³/mol. The lowest BCUT2D eigenvalue weighted by atomic mass is 9.92. The average Bonchev–Trinajstić information content (AvgIpc) is 3.43. The Bertz CT molecular complexity index is 604. The molecule has 0 bridgehead atoms. The Labute approximate surface area is 182 Å². The average molecular weight is 484 g/mol. The van der Waals surface area contributed by atoms with E-state index in [9.17, 15) is 0 Å². The number of benzene rings is 1. The Morgan fingerprint density at radius 1 is 1.19 bits per heavy atom. The van der Waals surface area contributed by atoms with Crippen LogP contribution in [-0.4, -0.2) is 49.6 Å². The van der Waals surface area contributed by atoms with Crippen LogP contribution in [0.4, 0.5) is 0 Å². The fraction of sp³-hybridized carbons (Fsp3) is 0.682. The highest BCUT2D eigenvalue weighted by Crippen LogP contribution is 2.49. The van der Waals surface area contributed by atoms with Gasteiger partial charge in [0.1, 0.15) is 0 Å². The maximum atomic E-state index is 5.00. The third-order valence-electron chi connectivity index (χ3n) is 5.92. The van der Waals surface area contributed by atoms with Crippen molar-refractivity contribution < 1.29 is 0 Å². The minimum atomic E-state index is 0. The molecule has 152 valence electrons. The van der Waals surface area contributed by atoms with Crippen molar-refractivity contribution in [2.75, 3.05) is 32.7 Å². The van der Waals surface area contributed by atoms with Gasteiger partial charge in [-0.05, 0) is 63.6 Å². The van der Waals surface area contributed by atoms with Gasteiger partial charge in [0, 0.05) is 31.1 Å². The zero-order valence-electron chi connectivity index (χ0n) is 17.3. The molecule has 1 saturated heterocycles. The number of hydrogen-bond donors (Lipinski definition) is 2. The number of rotatable bonds is 7. The van der Waals surface area contributed by atoms with Gasteiger partial charge in [0.25, 0.3) is 0 Å². The fourth-order valence-corrected chi connectivity index (χ4v) is 4.19. The Morgan fingerprint density at radius 3 is 2.48 bits per heavy atom. The van der Waals surface area contributed by atoms with Crippen LogP contribution in [0.1, 0.15) is 57.1 Å². The van der Waals surface area contributed by atoms with Crippen LogP contribution in [0.15, 0.2) is 29.3 Å². The van der Waals surface area contributed by atoms with Crippen molar-refractivity contribution in [3.63, 3.8) is 0 Å². The van der Waals surface area contributed by atoms with E-state index >= 15 is 0 Å². The van der Waals surface area contributed by atoms with E-state index < -0.39 is 0 Å². The first kappa shape index (κ1) is 22.5. The van der Waals surface area contributed by atoms with E-state index in [-0.39, 0.29) is 29.4 Å². The molecule has 4 nitrogen and oxygen atoms in total. The Kier molecular flexibility index (Phi) is 8.86. The van der Waals surface area contributed by atoms with Crippen LogP contribution in [0, 0.1) is 6.92 Å². The van der Waals surface area contributed by atoms with Gasteiger partial charge in [-0.3, -0.25) is 4.99 Å². The van der Waals surface area contributed by atoms with Gasteiger partial charge in [0.2, 0.25) is 0 Å². The molecule has 0 aromatic heterocycles. The molecule has 0 radical (unpaired) electrons. The summed E-state index contributed by atoms with van der Waals surface area (Å²) in [5, 5.41) is 7.16. The third-order valence-corrected chi connectivity index (χ3v) is 5.92. The van der Waals surface area contributed by atoms with Gasteiger partial charge in [0.05, 0.1) is 6.54 Å². The summed E-state index contributed by atoms with van der Waals surface area (Å²) in [5.74, 6) is 1.00. The molecule has 1 aromatic rings. The molecule has 2 N–H and O–H groups in total. The van der Waals surface area contributed by atoms with Gasteiger partial charge in [-0.25, -0.2) is 0 Å². The van der Waals surface area contributed by atoms with E-state index in [4.69, 9.17) is 4.99 Å². The molecular weight excluding hydrogens is 447 g/mol. The van der Waals surface area contributed by atoms with Crippen LogP contribution in [-0.2, 0) is 5.41 Å². The third kappa shape index (κ3) is 6.08. The summed E-state index contributed by atoms with van der Waals surface area (Å²) in [4.78, 5) is 7.58. The molecule has 0 amide bonds. The normalized spacial score (nSPS) is 20.0. The van der Waals surface area contributed by atoms with E-state index in [1.165, 1.54) is 62.9 Å². The Balaban J connectivity index is 0.00000261. The van der Waals surface area contributed by atoms with Gasteiger partial charge in [-0.15, -0.1) is 24.0 Å². The summed E-state index contributed by atoms with van der Waals surface area (Å²) in [6.45, 7) is 12.1. The molecule has 1 aliphatic heterocycles. The number of aliphatic imine (C=N–C) groups is 1. The van der Waals surface area contributed by atoms with Crippen LogP contribution >= 0.6 is 24.0 Å². The Morgan fingerprint density at radius 2 is 1.89 bits per heavy atom. The van der Waals surface area contributed by atoms with E-state index in [0.717, 1.165) is 19.0 Å². The maximum Gasteiger partial charge on any atom is 0.191 e. The van der Waals surface area contributed by atoms with E-state index in [1.807, 2.05) is 0 Å². The highest BCUT2D eigenvalue weighted by Gasteiger charge is 2.44. The highest BCUT2D eigenvalue weighted by molar-refractivity contribution is 14.0. The van der Waals surface area contributed by atoms with Gasteiger partial charge in [-0.1, -0.05) is 31.2 Å². The lowest BCUT2D eigenvalue weighted by Crippen LogP contribution is -2.49. The quantitative estimate of drug-likeness (QED) is 0.348. The van der Waals surface area contributed by atoms with Crippen molar-refractivity contribution in [2.24, 2.45) is 4.99 Å². The monoisotopic (exact) mass is 484 g/mol. The van der Waals surface area contributed by atoms with Crippen molar-refractivity contribution in [3.8, 4) is 0 Å². The first-order chi connectivity index (χ1) is 12.7. The maximum absolute atomic E-state index is 5.00. The van der Waals surface area contributed by atoms with Crippen LogP contribution in [0.3, 0.4) is 0 Å². The summed E-state index contributed by atoms with van der Waals surface area (Å²) in [6, 6.07) is 9.37. The second-order valence-electron chi connectivity index (χ2n) is 8.05. The van der Waals surface area contributed by atoms with Gasteiger partial charge in [-0.2, -0.15) is 0 Å². The molecule has 2 fully saturated rings. The van der Waals surface area contributed by atoms with Crippen molar-refractivity contribution in [3.05, 3.63) is 35.4 Å². The van der Waals surface area contributed by atoms with E-state index in [2.05, 4.69) is 60.6 Å². The van der Waals surface area contributed by atoms with Gasteiger partial charge >= 0.3 is 0 Å². The van der Waals surface area contributed by atoms with Crippen molar-refractivity contribution in [1.82, 2.24) is 15.5 Å². The second-order valence-corrected chi connectivity index (χ2v) is 8.05. The fourth-order valence-electron chi connectivity index (χ4n) is 4.19. The Hall–Kier alpha value is -0.820. The molecule has 0 spiro atoms. The lowest BCUT2D eigenvalue weighted by Gasteiger charge is -2.33. The van der Waals surface area contributed by atoms with Crippen molar-refractivity contribution in [1.29, 1.82) is 0 Å². The summed E-state index contributed by atoms with van der Waals surface area (Å²) < 4.78 is 0. The zero-order valence-corrected chi connectivity index (χ0v) is 19.6. The lowest BCUT2D eigenvalue weighted by molar-refractivity contribution is 0.206. The largest absolute Gasteiger partial charge is 0.357 e. The molecule has 0 atom stereocenters. The van der Waals surface area contributed by atoms with Gasteiger partial charge < -0.3 is 15.5 Å². The number of nitrogens with zero attached hydrogens (tertiary/aromatic N) is 2.